The van der Waals surface area contributed by atoms with Crippen LogP contribution in [0.2, 0.25) is 0 Å². The Morgan fingerprint density at radius 2 is 1.34 bits per heavy atom. The highest BCUT2D eigenvalue weighted by molar-refractivity contribution is 5.88. The van der Waals surface area contributed by atoms with Gasteiger partial charge in [0.1, 0.15) is 16.8 Å². The van der Waals surface area contributed by atoms with Crippen molar-refractivity contribution in [3.05, 3.63) is 0 Å². The molecule has 0 aromatic heterocycles. The van der Waals surface area contributed by atoms with Gasteiger partial charge in [0.25, 0.3) is 0 Å². The molecule has 0 aromatic carbocycles. The van der Waals surface area contributed by atoms with E-state index >= 15 is 0 Å². The predicted molar refractivity (Wildman–Crippen MR) is 120 cm³/mol. The third kappa shape index (κ3) is 11.7. The molecule has 0 spiro atoms. The fourth-order valence-electron chi connectivity index (χ4n) is 2.95. The largest absolute Gasteiger partial charge is 0.460 e. The van der Waals surface area contributed by atoms with Gasteiger partial charge in [0.15, 0.2) is 6.23 Å². The molecule has 0 radical (unpaired) electrons. The van der Waals surface area contributed by atoms with E-state index in [-0.39, 0.29) is 18.6 Å². The summed E-state index contributed by atoms with van der Waals surface area (Å²) in [6.07, 6.45) is 0.263. The summed E-state index contributed by atoms with van der Waals surface area (Å²) in [5.41, 5.74) is -2.01. The maximum absolute atomic E-state index is 12.7. The fourth-order valence-corrected chi connectivity index (χ4v) is 2.95. The monoisotopic (exact) mass is 458 g/mol. The number of nitrogens with zero attached hydrogens (tertiary/aromatic N) is 1. The van der Waals surface area contributed by atoms with Crippen LogP contribution in [0.3, 0.4) is 0 Å². The summed E-state index contributed by atoms with van der Waals surface area (Å²) >= 11 is 0. The van der Waals surface area contributed by atoms with Crippen molar-refractivity contribution in [3.8, 4) is 0 Å². The standard InChI is InChI=1S/C23H42N2O7/c1-21(2,3)30-18(26)13-11-10-12-16-15-29-17(14-24-16)25(19(27)31-22(4,5)6)20(28)32-23(7,8)9/h16-17,24H,10-15H2,1-9H3/t16?,17-/m0/s1. The maximum atomic E-state index is 12.7. The molecule has 0 aliphatic carbocycles. The Balaban J connectivity index is 2.58. The highest BCUT2D eigenvalue weighted by Gasteiger charge is 2.39. The minimum absolute atomic E-state index is 0.0593. The Kier molecular flexibility index (Phi) is 9.96. The molecule has 1 saturated heterocycles. The minimum Gasteiger partial charge on any atom is -0.460 e. The summed E-state index contributed by atoms with van der Waals surface area (Å²) in [5, 5.41) is 3.31. The van der Waals surface area contributed by atoms with Gasteiger partial charge in [-0.2, -0.15) is 4.90 Å². The quantitative estimate of drug-likeness (QED) is 0.355. The number of ether oxygens (including phenoxy) is 4. The van der Waals surface area contributed by atoms with E-state index in [0.717, 1.165) is 24.2 Å². The summed E-state index contributed by atoms with van der Waals surface area (Å²) in [5.74, 6) is -0.198. The van der Waals surface area contributed by atoms with E-state index in [2.05, 4.69) is 5.32 Å². The van der Waals surface area contributed by atoms with Crippen LogP contribution in [-0.4, -0.2) is 65.3 Å². The van der Waals surface area contributed by atoms with Crippen LogP contribution in [0.5, 0.6) is 0 Å². The van der Waals surface area contributed by atoms with E-state index in [9.17, 15) is 14.4 Å². The molecule has 0 saturated carbocycles. The van der Waals surface area contributed by atoms with Crippen molar-refractivity contribution in [2.24, 2.45) is 0 Å². The first kappa shape index (κ1) is 28.2. The third-order valence-corrected chi connectivity index (χ3v) is 4.14. The van der Waals surface area contributed by atoms with Gasteiger partial charge in [0.2, 0.25) is 0 Å². The first-order chi connectivity index (χ1) is 14.5. The SMILES string of the molecule is CC(C)(C)OC(=O)CCCCC1CO[C@H](N(C(=O)OC(C)(C)C)C(=O)OC(C)(C)C)CN1. The average molecular weight is 459 g/mol. The number of carbonyl (C=O) groups excluding carboxylic acids is 3. The second kappa shape index (κ2) is 11.3. The lowest BCUT2D eigenvalue weighted by molar-refractivity contribution is -0.154. The highest BCUT2D eigenvalue weighted by atomic mass is 16.6. The van der Waals surface area contributed by atoms with Crippen LogP contribution in [0.15, 0.2) is 0 Å². The molecule has 2 amide bonds. The van der Waals surface area contributed by atoms with Gasteiger partial charge in [-0.1, -0.05) is 6.42 Å². The van der Waals surface area contributed by atoms with Crippen molar-refractivity contribution in [3.63, 3.8) is 0 Å². The van der Waals surface area contributed by atoms with Crippen molar-refractivity contribution in [2.45, 2.75) is 117 Å². The molecule has 0 bridgehead atoms. The van der Waals surface area contributed by atoms with Crippen LogP contribution in [-0.2, 0) is 23.7 Å². The Labute approximate surface area is 192 Å². The molecular weight excluding hydrogens is 416 g/mol. The number of morpholine rings is 1. The lowest BCUT2D eigenvalue weighted by atomic mass is 10.1. The number of amides is 2. The lowest BCUT2D eigenvalue weighted by Crippen LogP contribution is -2.58. The zero-order chi connectivity index (χ0) is 24.7. The summed E-state index contributed by atoms with van der Waals surface area (Å²) in [4.78, 5) is 38.1. The molecule has 1 rings (SSSR count). The first-order valence-corrected chi connectivity index (χ1v) is 11.3. The van der Waals surface area contributed by atoms with Gasteiger partial charge in [-0.25, -0.2) is 9.59 Å². The van der Waals surface area contributed by atoms with Crippen molar-refractivity contribution in [2.75, 3.05) is 13.2 Å². The molecule has 1 N–H and O–H groups in total. The van der Waals surface area contributed by atoms with Crippen molar-refractivity contribution in [1.29, 1.82) is 0 Å². The van der Waals surface area contributed by atoms with Crippen LogP contribution in [0.1, 0.15) is 88.0 Å². The molecular formula is C23H42N2O7. The number of hydrogen-bond donors (Lipinski definition) is 1. The summed E-state index contributed by atoms with van der Waals surface area (Å²) in [6, 6.07) is 0.0593. The van der Waals surface area contributed by atoms with Gasteiger partial charge in [-0.15, -0.1) is 0 Å². The van der Waals surface area contributed by atoms with E-state index in [1.807, 2.05) is 20.8 Å². The summed E-state index contributed by atoms with van der Waals surface area (Å²) in [7, 11) is 0. The highest BCUT2D eigenvalue weighted by Crippen LogP contribution is 2.20. The number of imide groups is 1. The molecule has 1 fully saturated rings. The van der Waals surface area contributed by atoms with Gasteiger partial charge in [-0.05, 0) is 75.2 Å². The van der Waals surface area contributed by atoms with E-state index in [1.165, 1.54) is 0 Å². The van der Waals surface area contributed by atoms with E-state index in [4.69, 9.17) is 18.9 Å². The van der Waals surface area contributed by atoms with Gasteiger partial charge < -0.3 is 24.3 Å². The molecule has 9 nitrogen and oxygen atoms in total. The molecule has 9 heteroatoms. The number of unbranched alkanes of at least 4 members (excludes halogenated alkanes) is 1. The summed E-state index contributed by atoms with van der Waals surface area (Å²) in [6.45, 7) is 16.5. The molecule has 32 heavy (non-hydrogen) atoms. The molecule has 1 heterocycles. The van der Waals surface area contributed by atoms with Crippen LogP contribution in [0.4, 0.5) is 9.59 Å². The van der Waals surface area contributed by atoms with Crippen LogP contribution >= 0.6 is 0 Å². The number of esters is 1. The third-order valence-electron chi connectivity index (χ3n) is 4.14. The normalized spacial score (nSPS) is 19.8. The zero-order valence-electron chi connectivity index (χ0n) is 21.2. The second-order valence-electron chi connectivity index (χ2n) is 11.1. The second-order valence-corrected chi connectivity index (χ2v) is 11.1. The van der Waals surface area contributed by atoms with Gasteiger partial charge in [0.05, 0.1) is 6.61 Å². The Hall–Kier alpha value is -1.87. The van der Waals surface area contributed by atoms with E-state index < -0.39 is 35.2 Å². The average Bonchev–Trinajstić information content (AvgIpc) is 2.55. The van der Waals surface area contributed by atoms with Crippen LogP contribution in [0.25, 0.3) is 0 Å². The molecule has 0 aromatic rings. The van der Waals surface area contributed by atoms with Crippen molar-refractivity contribution < 1.29 is 33.3 Å². The van der Waals surface area contributed by atoms with Gasteiger partial charge in [0, 0.05) is 19.0 Å². The van der Waals surface area contributed by atoms with Crippen LogP contribution in [0, 0.1) is 0 Å². The molecule has 1 unspecified atom stereocenters. The maximum Gasteiger partial charge on any atom is 0.422 e. The lowest BCUT2D eigenvalue weighted by Gasteiger charge is -2.37. The molecule has 1 aliphatic rings. The zero-order valence-corrected chi connectivity index (χ0v) is 21.2. The number of nitrogens with one attached hydrogen (secondary N) is 1. The first-order valence-electron chi connectivity index (χ1n) is 11.3. The van der Waals surface area contributed by atoms with Crippen LogP contribution < -0.4 is 5.32 Å². The smallest absolute Gasteiger partial charge is 0.422 e. The molecule has 2 atom stereocenters. The molecule has 1 aliphatic heterocycles. The Bertz CT molecular complexity index is 608. The number of hydrogen-bond acceptors (Lipinski definition) is 8. The van der Waals surface area contributed by atoms with Crippen molar-refractivity contribution in [1.82, 2.24) is 10.2 Å². The minimum atomic E-state index is -0.835. The van der Waals surface area contributed by atoms with E-state index in [1.54, 1.807) is 41.5 Å². The Morgan fingerprint density at radius 3 is 1.75 bits per heavy atom. The van der Waals surface area contributed by atoms with Gasteiger partial charge >= 0.3 is 18.2 Å². The topological polar surface area (TPSA) is 103 Å². The Morgan fingerprint density at radius 1 is 0.844 bits per heavy atom. The summed E-state index contributed by atoms with van der Waals surface area (Å²) < 4.78 is 21.9. The van der Waals surface area contributed by atoms with Crippen molar-refractivity contribution >= 4 is 18.2 Å². The number of rotatable bonds is 6. The molecule has 186 valence electrons. The predicted octanol–water partition coefficient (Wildman–Crippen LogP) is 4.38. The fraction of sp³-hybridized carbons (Fsp3) is 0.870. The number of carbonyl (C=O) groups is 3. The van der Waals surface area contributed by atoms with E-state index in [0.29, 0.717) is 13.0 Å². The van der Waals surface area contributed by atoms with Gasteiger partial charge in [-0.3, -0.25) is 4.79 Å².